The highest BCUT2D eigenvalue weighted by atomic mass is 16.1. The number of unbranched alkanes of at least 4 members (excludes halogenated alkanes) is 1. The Morgan fingerprint density at radius 1 is 1.03 bits per heavy atom. The van der Waals surface area contributed by atoms with Gasteiger partial charge in [-0.15, -0.1) is 0 Å². The Hall–Kier alpha value is -2.92. The zero-order chi connectivity index (χ0) is 21.0. The minimum Gasteiger partial charge on any atom is -0.366 e. The molecule has 160 valence electrons. The van der Waals surface area contributed by atoms with Gasteiger partial charge in [-0.2, -0.15) is 0 Å². The maximum absolute atomic E-state index is 12.6. The van der Waals surface area contributed by atoms with Crippen LogP contribution in [-0.2, 0) is 6.42 Å². The number of nitrogens with one attached hydrogen (secondary N) is 1. The molecule has 5 heteroatoms. The average Bonchev–Trinajstić information content (AvgIpc) is 2.83. The van der Waals surface area contributed by atoms with Gasteiger partial charge in [-0.25, -0.2) is 0 Å². The summed E-state index contributed by atoms with van der Waals surface area (Å²) in [6.07, 6.45) is 6.27. The van der Waals surface area contributed by atoms with Crippen LogP contribution in [0, 0.1) is 0 Å². The number of piperazine rings is 1. The maximum Gasteiger partial charge on any atom is 0.252 e. The fourth-order valence-corrected chi connectivity index (χ4v) is 5.06. The average molecular weight is 415 g/mol. The van der Waals surface area contributed by atoms with Gasteiger partial charge in [-0.1, -0.05) is 36.4 Å². The lowest BCUT2D eigenvalue weighted by Gasteiger charge is -2.46. The molecule has 0 spiro atoms. The first-order chi connectivity index (χ1) is 15.3. The molecule has 0 saturated carbocycles. The number of para-hydroxylation sites is 2. The molecule has 5 rings (SSSR count). The minimum absolute atomic E-state index is 0.00640. The quantitative estimate of drug-likeness (QED) is 0.622. The Morgan fingerprint density at radius 2 is 1.90 bits per heavy atom. The molecule has 2 aromatic carbocycles. The number of hydrogen-bond donors (Lipinski definition) is 1. The first-order valence-corrected chi connectivity index (χ1v) is 11.5. The van der Waals surface area contributed by atoms with Crippen molar-refractivity contribution in [1.82, 2.24) is 15.2 Å². The van der Waals surface area contributed by atoms with Crippen molar-refractivity contribution in [2.45, 2.75) is 31.7 Å². The number of fused-ring (bicyclic) bond motifs is 4. The molecule has 1 aromatic heterocycles. The number of anilines is 1. The van der Waals surface area contributed by atoms with E-state index in [4.69, 9.17) is 0 Å². The van der Waals surface area contributed by atoms with Gasteiger partial charge in [0.15, 0.2) is 0 Å². The Labute approximate surface area is 184 Å². The normalized spacial score (nSPS) is 18.5. The summed E-state index contributed by atoms with van der Waals surface area (Å²) < 4.78 is 0. The number of pyridine rings is 1. The number of nitrogens with zero attached hydrogens (tertiary/aromatic N) is 3. The summed E-state index contributed by atoms with van der Waals surface area (Å²) in [7, 11) is 0. The monoisotopic (exact) mass is 414 g/mol. The molecule has 1 fully saturated rings. The van der Waals surface area contributed by atoms with Crippen LogP contribution in [0.15, 0.2) is 60.8 Å². The lowest BCUT2D eigenvalue weighted by Crippen LogP contribution is -2.55. The van der Waals surface area contributed by atoms with Gasteiger partial charge in [0.05, 0.1) is 11.1 Å². The number of aromatic nitrogens is 1. The van der Waals surface area contributed by atoms with Gasteiger partial charge in [0.1, 0.15) is 0 Å². The van der Waals surface area contributed by atoms with Gasteiger partial charge >= 0.3 is 0 Å². The molecule has 0 bridgehead atoms. The topological polar surface area (TPSA) is 48.5 Å². The fourth-order valence-electron chi connectivity index (χ4n) is 5.06. The van der Waals surface area contributed by atoms with Crippen molar-refractivity contribution in [3.63, 3.8) is 0 Å². The Morgan fingerprint density at radius 3 is 2.87 bits per heavy atom. The van der Waals surface area contributed by atoms with Gasteiger partial charge in [0, 0.05) is 49.5 Å². The van der Waals surface area contributed by atoms with Gasteiger partial charge in [-0.3, -0.25) is 14.7 Å². The van der Waals surface area contributed by atoms with E-state index in [0.29, 0.717) is 18.2 Å². The molecule has 2 aliphatic rings. The summed E-state index contributed by atoms with van der Waals surface area (Å²) in [4.78, 5) is 22.2. The van der Waals surface area contributed by atoms with E-state index in [9.17, 15) is 4.79 Å². The minimum atomic E-state index is -0.00640. The van der Waals surface area contributed by atoms with Crippen molar-refractivity contribution in [2.75, 3.05) is 37.6 Å². The Bertz CT molecular complexity index is 1060. The molecule has 2 aliphatic heterocycles. The third-order valence-corrected chi connectivity index (χ3v) is 6.70. The van der Waals surface area contributed by atoms with Crippen LogP contribution in [0.3, 0.4) is 0 Å². The molecular formula is C26H30N4O. The lowest BCUT2D eigenvalue weighted by atomic mass is 9.94. The molecule has 31 heavy (non-hydrogen) atoms. The standard InChI is InChI=1S/C26H30N4O/c31-26(23-13-15-27-24-9-3-2-8-22(23)24)28-14-5-6-16-29-17-18-30-21(19-29)12-11-20-7-1-4-10-25(20)30/h1-4,7-10,13,15,21H,5-6,11-12,14,16-19H2,(H,28,31). The highest BCUT2D eigenvalue weighted by Crippen LogP contribution is 2.32. The van der Waals surface area contributed by atoms with Crippen molar-refractivity contribution in [2.24, 2.45) is 0 Å². The fraction of sp³-hybridized carbons (Fsp3) is 0.385. The van der Waals surface area contributed by atoms with Crippen LogP contribution >= 0.6 is 0 Å². The first kappa shape index (κ1) is 20.0. The molecule has 0 radical (unpaired) electrons. The van der Waals surface area contributed by atoms with Crippen molar-refractivity contribution >= 4 is 22.5 Å². The zero-order valence-electron chi connectivity index (χ0n) is 18.0. The van der Waals surface area contributed by atoms with E-state index in [2.05, 4.69) is 44.4 Å². The number of hydrogen-bond acceptors (Lipinski definition) is 4. The number of rotatable bonds is 6. The largest absolute Gasteiger partial charge is 0.366 e. The highest BCUT2D eigenvalue weighted by Gasteiger charge is 2.30. The predicted molar refractivity (Wildman–Crippen MR) is 126 cm³/mol. The molecular weight excluding hydrogens is 384 g/mol. The molecule has 3 aromatic rings. The first-order valence-electron chi connectivity index (χ1n) is 11.5. The Kier molecular flexibility index (Phi) is 5.85. The van der Waals surface area contributed by atoms with Crippen molar-refractivity contribution in [3.05, 3.63) is 71.9 Å². The van der Waals surface area contributed by atoms with Crippen LogP contribution in [0.25, 0.3) is 10.9 Å². The molecule has 1 saturated heterocycles. The van der Waals surface area contributed by atoms with E-state index in [0.717, 1.165) is 49.9 Å². The molecule has 1 atom stereocenters. The van der Waals surface area contributed by atoms with Crippen molar-refractivity contribution < 1.29 is 4.79 Å². The molecule has 5 nitrogen and oxygen atoms in total. The van der Waals surface area contributed by atoms with E-state index < -0.39 is 0 Å². The van der Waals surface area contributed by atoms with E-state index >= 15 is 0 Å². The molecule has 1 amide bonds. The summed E-state index contributed by atoms with van der Waals surface area (Å²) in [5, 5.41) is 4.00. The van der Waals surface area contributed by atoms with E-state index in [-0.39, 0.29) is 5.91 Å². The summed E-state index contributed by atoms with van der Waals surface area (Å²) in [5.74, 6) is -0.00640. The van der Waals surface area contributed by atoms with Crippen LogP contribution in [-0.4, -0.2) is 54.6 Å². The van der Waals surface area contributed by atoms with Gasteiger partial charge < -0.3 is 10.2 Å². The third kappa shape index (κ3) is 4.28. The smallest absolute Gasteiger partial charge is 0.252 e. The number of carbonyl (C=O) groups is 1. The summed E-state index contributed by atoms with van der Waals surface area (Å²) in [6, 6.07) is 19.1. The number of benzene rings is 2. The second-order valence-corrected chi connectivity index (χ2v) is 8.65. The van der Waals surface area contributed by atoms with Crippen LogP contribution in [0.1, 0.15) is 35.2 Å². The van der Waals surface area contributed by atoms with E-state index in [1.807, 2.05) is 24.3 Å². The molecule has 0 aliphatic carbocycles. The van der Waals surface area contributed by atoms with Crippen LogP contribution in [0.4, 0.5) is 5.69 Å². The second kappa shape index (κ2) is 9.06. The third-order valence-electron chi connectivity index (χ3n) is 6.70. The Balaban J connectivity index is 1.07. The summed E-state index contributed by atoms with van der Waals surface area (Å²) >= 11 is 0. The van der Waals surface area contributed by atoms with Crippen molar-refractivity contribution in [1.29, 1.82) is 0 Å². The van der Waals surface area contributed by atoms with Crippen LogP contribution in [0.2, 0.25) is 0 Å². The molecule has 1 unspecified atom stereocenters. The number of carbonyl (C=O) groups excluding carboxylic acids is 1. The zero-order valence-corrected chi connectivity index (χ0v) is 18.0. The van der Waals surface area contributed by atoms with Crippen LogP contribution in [0.5, 0.6) is 0 Å². The molecule has 1 N–H and O–H groups in total. The highest BCUT2D eigenvalue weighted by molar-refractivity contribution is 6.05. The molecule has 3 heterocycles. The van der Waals surface area contributed by atoms with Crippen molar-refractivity contribution in [3.8, 4) is 0 Å². The number of aryl methyl sites for hydroxylation is 1. The summed E-state index contributed by atoms with van der Waals surface area (Å²) in [5.41, 5.74) is 4.52. The SMILES string of the molecule is O=C(NCCCCN1CCN2c3ccccc3CCC2C1)c1ccnc2ccccc12. The number of amides is 1. The van der Waals surface area contributed by atoms with E-state index in [1.54, 1.807) is 12.3 Å². The predicted octanol–water partition coefficient (Wildman–Crippen LogP) is 3.88. The van der Waals surface area contributed by atoms with Crippen LogP contribution < -0.4 is 10.2 Å². The van der Waals surface area contributed by atoms with Gasteiger partial charge in [0.2, 0.25) is 0 Å². The summed E-state index contributed by atoms with van der Waals surface area (Å²) in [6.45, 7) is 5.23. The van der Waals surface area contributed by atoms with Gasteiger partial charge in [0.25, 0.3) is 5.91 Å². The van der Waals surface area contributed by atoms with Gasteiger partial charge in [-0.05, 0) is 56.0 Å². The lowest BCUT2D eigenvalue weighted by molar-refractivity contribution is 0.0954. The second-order valence-electron chi connectivity index (χ2n) is 8.65. The van der Waals surface area contributed by atoms with E-state index in [1.165, 1.54) is 24.1 Å². The maximum atomic E-state index is 12.6.